The van der Waals surface area contributed by atoms with Gasteiger partial charge in [0.05, 0.1) is 6.61 Å². The van der Waals surface area contributed by atoms with Gasteiger partial charge in [0.15, 0.2) is 6.61 Å². The average molecular weight is 330 g/mol. The third kappa shape index (κ3) is 7.02. The summed E-state index contributed by atoms with van der Waals surface area (Å²) in [6, 6.07) is 0. The van der Waals surface area contributed by atoms with Crippen molar-refractivity contribution in [1.29, 1.82) is 0 Å². The van der Waals surface area contributed by atoms with E-state index in [2.05, 4.69) is 14.1 Å². The summed E-state index contributed by atoms with van der Waals surface area (Å²) in [5, 5.41) is 6.54. The number of carbonyl (C=O) groups is 2. The molecule has 1 fully saturated rings. The molecule has 0 amide bonds. The largest absolute Gasteiger partial charge is 0.463 e. The van der Waals surface area contributed by atoms with Crippen LogP contribution < -0.4 is 0 Å². The molecule has 0 saturated heterocycles. The van der Waals surface area contributed by atoms with Crippen LogP contribution in [0.5, 0.6) is 0 Å². The number of hydrogen-bond acceptors (Lipinski definition) is 8. The Morgan fingerprint density at radius 2 is 1.86 bits per heavy atom. The highest BCUT2D eigenvalue weighted by Crippen LogP contribution is 2.31. The molecule has 122 valence electrons. The van der Waals surface area contributed by atoms with Crippen LogP contribution >= 0.6 is 12.0 Å². The molecule has 0 aromatic heterocycles. The minimum atomic E-state index is -4.12. The second kappa shape index (κ2) is 9.13. The van der Waals surface area contributed by atoms with E-state index in [-0.39, 0.29) is 12.5 Å². The van der Waals surface area contributed by atoms with Crippen LogP contribution in [0, 0.1) is 5.92 Å². The van der Waals surface area contributed by atoms with Gasteiger partial charge in [-0.15, -0.1) is 4.33 Å². The molecule has 0 atom stereocenters. The summed E-state index contributed by atoms with van der Waals surface area (Å²) in [7, 11) is 0. The van der Waals surface area contributed by atoms with E-state index in [4.69, 9.17) is 9.99 Å². The van der Waals surface area contributed by atoms with E-state index in [1.807, 2.05) is 0 Å². The smallest absolute Gasteiger partial charge is 0.415 e. The average Bonchev–Trinajstić information content (AvgIpc) is 2.49. The summed E-state index contributed by atoms with van der Waals surface area (Å²) in [5.74, 6) is -2.63. The van der Waals surface area contributed by atoms with E-state index in [9.17, 15) is 18.4 Å². The van der Waals surface area contributed by atoms with Gasteiger partial charge in [0, 0.05) is 0 Å². The number of halogens is 2. The van der Waals surface area contributed by atoms with E-state index in [0.29, 0.717) is 0 Å². The lowest BCUT2D eigenvalue weighted by Gasteiger charge is -2.21. The van der Waals surface area contributed by atoms with Crippen LogP contribution in [0.3, 0.4) is 0 Å². The van der Waals surface area contributed by atoms with Crippen molar-refractivity contribution in [2.45, 2.75) is 37.4 Å². The Labute approximate surface area is 123 Å². The molecule has 1 saturated carbocycles. The first-order chi connectivity index (χ1) is 9.95. The highest BCUT2D eigenvalue weighted by molar-refractivity contribution is 7.96. The van der Waals surface area contributed by atoms with Gasteiger partial charge in [-0.05, 0) is 18.8 Å². The topological polar surface area (TPSA) is 91.3 Å². The van der Waals surface area contributed by atoms with Crippen LogP contribution in [0.2, 0.25) is 0 Å². The third-order valence-electron chi connectivity index (χ3n) is 2.93. The van der Waals surface area contributed by atoms with Crippen LogP contribution in [-0.4, -0.2) is 35.7 Å². The fourth-order valence-corrected chi connectivity index (χ4v) is 2.15. The van der Waals surface area contributed by atoms with Gasteiger partial charge in [-0.3, -0.25) is 0 Å². The van der Waals surface area contributed by atoms with Gasteiger partial charge in [0.2, 0.25) is 0 Å². The van der Waals surface area contributed by atoms with Crippen LogP contribution in [0.15, 0.2) is 0 Å². The van der Waals surface area contributed by atoms with Gasteiger partial charge in [0.1, 0.15) is 12.0 Å². The molecule has 0 bridgehead atoms. The van der Waals surface area contributed by atoms with E-state index in [0.717, 1.165) is 32.1 Å². The quantitative estimate of drug-likeness (QED) is 0.314. The Morgan fingerprint density at radius 1 is 1.19 bits per heavy atom. The molecular weight excluding hydrogens is 314 g/mol. The summed E-state index contributed by atoms with van der Waals surface area (Å²) < 4.78 is 38.3. The molecule has 0 aliphatic heterocycles. The third-order valence-corrected chi connectivity index (χ3v) is 3.44. The summed E-state index contributed by atoms with van der Waals surface area (Å²) >= 11 is -0.758. The maximum atomic E-state index is 13.0. The Hall–Kier alpha value is -0.970. The molecule has 0 unspecified atom stereocenters. The number of ether oxygens (including phenoxy) is 2. The van der Waals surface area contributed by atoms with E-state index in [1.165, 1.54) is 0 Å². The molecule has 0 radical (unpaired) electrons. The summed E-state index contributed by atoms with van der Waals surface area (Å²) in [6.45, 7) is -0.718. The molecular formula is C11H16F2O7S. The monoisotopic (exact) mass is 330 g/mol. The standard InChI is InChI=1S/C11H16F2O7S/c12-11(13,21-20-19-16)10(15)18-7-9(14)17-6-8-4-2-1-3-5-8/h8,16H,1-7H2. The number of alkyl halides is 2. The van der Waals surface area contributed by atoms with E-state index in [1.54, 1.807) is 0 Å². The summed E-state index contributed by atoms with van der Waals surface area (Å²) in [4.78, 5) is 22.2. The Balaban J connectivity index is 2.20. The highest BCUT2D eigenvalue weighted by Gasteiger charge is 2.44. The van der Waals surface area contributed by atoms with Gasteiger partial charge in [-0.25, -0.2) is 14.8 Å². The van der Waals surface area contributed by atoms with Crippen LogP contribution in [-0.2, 0) is 28.4 Å². The normalized spacial score (nSPS) is 16.5. The summed E-state index contributed by atoms with van der Waals surface area (Å²) in [5.41, 5.74) is 0. The number of carbonyl (C=O) groups excluding carboxylic acids is 2. The maximum Gasteiger partial charge on any atom is 0.415 e. The van der Waals surface area contributed by atoms with E-state index < -0.39 is 35.8 Å². The molecule has 1 aliphatic rings. The fourth-order valence-electron chi connectivity index (χ4n) is 1.91. The molecule has 0 heterocycles. The molecule has 21 heavy (non-hydrogen) atoms. The van der Waals surface area contributed by atoms with Crippen molar-refractivity contribution in [2.24, 2.45) is 5.92 Å². The predicted molar refractivity (Wildman–Crippen MR) is 65.8 cm³/mol. The number of esters is 2. The zero-order chi connectivity index (χ0) is 15.7. The Kier molecular flexibility index (Phi) is 7.86. The molecule has 1 aliphatic carbocycles. The van der Waals surface area contributed by atoms with Crippen molar-refractivity contribution in [3.63, 3.8) is 0 Å². The lowest BCUT2D eigenvalue weighted by atomic mass is 9.90. The van der Waals surface area contributed by atoms with Crippen molar-refractivity contribution >= 4 is 24.0 Å². The van der Waals surface area contributed by atoms with Crippen molar-refractivity contribution < 1.29 is 42.5 Å². The van der Waals surface area contributed by atoms with Crippen molar-refractivity contribution in [3.8, 4) is 0 Å². The van der Waals surface area contributed by atoms with Gasteiger partial charge in [-0.1, -0.05) is 24.3 Å². The van der Waals surface area contributed by atoms with Crippen LogP contribution in [0.1, 0.15) is 32.1 Å². The molecule has 0 spiro atoms. The van der Waals surface area contributed by atoms with Gasteiger partial charge >= 0.3 is 17.2 Å². The van der Waals surface area contributed by atoms with Crippen LogP contribution in [0.4, 0.5) is 8.78 Å². The predicted octanol–water partition coefficient (Wildman–Crippen LogP) is 2.32. The first-order valence-corrected chi connectivity index (χ1v) is 7.06. The maximum absolute atomic E-state index is 13.0. The Bertz CT molecular complexity index is 347. The zero-order valence-corrected chi connectivity index (χ0v) is 11.9. The second-order valence-electron chi connectivity index (χ2n) is 4.51. The lowest BCUT2D eigenvalue weighted by molar-refractivity contribution is -0.433. The van der Waals surface area contributed by atoms with Gasteiger partial charge in [-0.2, -0.15) is 8.78 Å². The second-order valence-corrected chi connectivity index (χ2v) is 5.32. The molecule has 7 nitrogen and oxygen atoms in total. The fraction of sp³-hybridized carbons (Fsp3) is 0.818. The molecule has 1 N–H and O–H groups in total. The molecule has 0 aromatic carbocycles. The highest BCUT2D eigenvalue weighted by atomic mass is 32.2. The van der Waals surface area contributed by atoms with Gasteiger partial charge in [0.25, 0.3) is 0 Å². The molecule has 1 rings (SSSR count). The van der Waals surface area contributed by atoms with Crippen molar-refractivity contribution in [3.05, 3.63) is 0 Å². The van der Waals surface area contributed by atoms with Gasteiger partial charge < -0.3 is 9.47 Å². The first kappa shape index (κ1) is 18.1. The zero-order valence-electron chi connectivity index (χ0n) is 11.1. The van der Waals surface area contributed by atoms with Crippen LogP contribution in [0.25, 0.3) is 0 Å². The lowest BCUT2D eigenvalue weighted by Crippen LogP contribution is -2.30. The SMILES string of the molecule is O=C(COC(=O)C(F)(F)SOOO)OCC1CCCCC1. The molecule has 10 heteroatoms. The first-order valence-electron chi connectivity index (χ1n) is 6.32. The van der Waals surface area contributed by atoms with E-state index >= 15 is 0 Å². The number of rotatable bonds is 8. The van der Waals surface area contributed by atoms with Crippen molar-refractivity contribution in [1.82, 2.24) is 0 Å². The minimum Gasteiger partial charge on any atom is -0.463 e. The molecule has 0 aromatic rings. The summed E-state index contributed by atoms with van der Waals surface area (Å²) in [6.07, 6.45) is 5.23. The number of hydrogen-bond donors (Lipinski definition) is 1. The Morgan fingerprint density at radius 3 is 2.48 bits per heavy atom. The van der Waals surface area contributed by atoms with Crippen molar-refractivity contribution in [2.75, 3.05) is 13.2 Å². The minimum absolute atomic E-state index is 0.197.